The number of hydrogen-bond acceptors (Lipinski definition) is 2. The molecule has 0 aliphatic rings. The van der Waals surface area contributed by atoms with E-state index in [2.05, 4.69) is 4.98 Å². The molecule has 3 nitrogen and oxygen atoms in total. The van der Waals surface area contributed by atoms with E-state index in [9.17, 15) is 4.79 Å². The second-order valence-corrected chi connectivity index (χ2v) is 3.89. The molecule has 2 aromatic rings. The van der Waals surface area contributed by atoms with Crippen LogP contribution in [0.2, 0.25) is 0 Å². The fourth-order valence-electron chi connectivity index (χ4n) is 1.92. The Labute approximate surface area is 94.6 Å². The van der Waals surface area contributed by atoms with Crippen molar-refractivity contribution in [3.8, 4) is 0 Å². The molecule has 1 aromatic heterocycles. The van der Waals surface area contributed by atoms with Gasteiger partial charge in [0.15, 0.2) is 5.78 Å². The molecular weight excluding hydrogens is 200 g/mol. The van der Waals surface area contributed by atoms with Crippen LogP contribution >= 0.6 is 0 Å². The van der Waals surface area contributed by atoms with E-state index in [0.29, 0.717) is 13.0 Å². The molecule has 0 fully saturated rings. The zero-order valence-corrected chi connectivity index (χ0v) is 9.42. The van der Waals surface area contributed by atoms with E-state index in [1.807, 2.05) is 31.3 Å². The van der Waals surface area contributed by atoms with Crippen molar-refractivity contribution in [1.82, 2.24) is 4.98 Å². The van der Waals surface area contributed by atoms with Gasteiger partial charge < -0.3 is 10.7 Å². The number of hydrogen-bond donors (Lipinski definition) is 2. The fourth-order valence-corrected chi connectivity index (χ4v) is 1.92. The number of rotatable bonds is 4. The Kier molecular flexibility index (Phi) is 3.06. The van der Waals surface area contributed by atoms with Crippen molar-refractivity contribution in [2.24, 2.45) is 5.73 Å². The Balaban J connectivity index is 2.49. The SMILES string of the molecule is CCC(=O)c1ccc2[nH]cc(CCN)c2c1. The van der Waals surface area contributed by atoms with Gasteiger partial charge in [0.05, 0.1) is 0 Å². The highest BCUT2D eigenvalue weighted by atomic mass is 16.1. The molecule has 0 aliphatic heterocycles. The number of benzene rings is 1. The number of nitrogens with one attached hydrogen (secondary N) is 1. The Morgan fingerprint density at radius 3 is 2.94 bits per heavy atom. The number of H-pyrrole nitrogens is 1. The Bertz CT molecular complexity index is 514. The van der Waals surface area contributed by atoms with E-state index in [4.69, 9.17) is 5.73 Å². The first kappa shape index (κ1) is 10.9. The predicted molar refractivity (Wildman–Crippen MR) is 65.7 cm³/mol. The molecule has 0 radical (unpaired) electrons. The first-order valence-corrected chi connectivity index (χ1v) is 5.59. The summed E-state index contributed by atoms with van der Waals surface area (Å²) in [5.74, 6) is 0.182. The van der Waals surface area contributed by atoms with Crippen molar-refractivity contribution >= 4 is 16.7 Å². The lowest BCUT2D eigenvalue weighted by molar-refractivity contribution is 0.0988. The summed E-state index contributed by atoms with van der Waals surface area (Å²) in [6.07, 6.45) is 3.35. The van der Waals surface area contributed by atoms with Crippen LogP contribution in [-0.2, 0) is 6.42 Å². The maximum absolute atomic E-state index is 11.6. The summed E-state index contributed by atoms with van der Waals surface area (Å²) in [4.78, 5) is 14.8. The molecule has 2 rings (SSSR count). The van der Waals surface area contributed by atoms with Crippen LogP contribution in [0.25, 0.3) is 10.9 Å². The van der Waals surface area contributed by atoms with E-state index in [1.54, 1.807) is 0 Å². The van der Waals surface area contributed by atoms with Crippen LogP contribution in [-0.4, -0.2) is 17.3 Å². The number of Topliss-reactive ketones (excluding diaryl/α,β-unsaturated/α-hetero) is 1. The zero-order valence-electron chi connectivity index (χ0n) is 9.42. The second kappa shape index (κ2) is 4.49. The van der Waals surface area contributed by atoms with Gasteiger partial charge in [-0.25, -0.2) is 0 Å². The minimum absolute atomic E-state index is 0.182. The third-order valence-corrected chi connectivity index (χ3v) is 2.82. The van der Waals surface area contributed by atoms with Crippen LogP contribution in [0.5, 0.6) is 0 Å². The van der Waals surface area contributed by atoms with E-state index < -0.39 is 0 Å². The van der Waals surface area contributed by atoms with Gasteiger partial charge in [-0.3, -0.25) is 4.79 Å². The summed E-state index contributed by atoms with van der Waals surface area (Å²) >= 11 is 0. The molecule has 3 N–H and O–H groups in total. The standard InChI is InChI=1S/C13H16N2O/c1-2-13(16)9-3-4-12-11(7-9)10(5-6-14)8-15-12/h3-4,7-8,15H,2,5-6,14H2,1H3. The number of ketones is 1. The molecule has 0 amide bonds. The normalized spacial score (nSPS) is 10.9. The van der Waals surface area contributed by atoms with Crippen molar-refractivity contribution in [3.63, 3.8) is 0 Å². The molecule has 0 unspecified atom stereocenters. The summed E-state index contributed by atoms with van der Waals surface area (Å²) in [6.45, 7) is 2.50. The van der Waals surface area contributed by atoms with Crippen LogP contribution in [0.4, 0.5) is 0 Å². The molecule has 0 atom stereocenters. The molecule has 1 heterocycles. The maximum atomic E-state index is 11.6. The number of nitrogens with two attached hydrogens (primary N) is 1. The summed E-state index contributed by atoms with van der Waals surface area (Å²) in [7, 11) is 0. The van der Waals surface area contributed by atoms with Gasteiger partial charge >= 0.3 is 0 Å². The lowest BCUT2D eigenvalue weighted by atomic mass is 10.0. The average Bonchev–Trinajstić information content (AvgIpc) is 2.71. The lowest BCUT2D eigenvalue weighted by Gasteiger charge is -2.00. The molecule has 0 spiro atoms. The van der Waals surface area contributed by atoms with Crippen molar-refractivity contribution in [3.05, 3.63) is 35.5 Å². The fraction of sp³-hybridized carbons (Fsp3) is 0.308. The molecule has 16 heavy (non-hydrogen) atoms. The third kappa shape index (κ3) is 1.86. The molecular formula is C13H16N2O. The van der Waals surface area contributed by atoms with Gasteiger partial charge in [0.25, 0.3) is 0 Å². The van der Waals surface area contributed by atoms with E-state index in [0.717, 1.165) is 22.9 Å². The van der Waals surface area contributed by atoms with Crippen LogP contribution in [0.3, 0.4) is 0 Å². The van der Waals surface area contributed by atoms with Crippen molar-refractivity contribution in [2.75, 3.05) is 6.54 Å². The smallest absolute Gasteiger partial charge is 0.162 e. The number of aromatic amines is 1. The average molecular weight is 216 g/mol. The quantitative estimate of drug-likeness (QED) is 0.770. The molecule has 1 aromatic carbocycles. The van der Waals surface area contributed by atoms with Gasteiger partial charge in [-0.05, 0) is 36.7 Å². The number of fused-ring (bicyclic) bond motifs is 1. The second-order valence-electron chi connectivity index (χ2n) is 3.89. The topological polar surface area (TPSA) is 58.9 Å². The van der Waals surface area contributed by atoms with Crippen LogP contribution in [0.15, 0.2) is 24.4 Å². The van der Waals surface area contributed by atoms with Gasteiger partial charge in [0, 0.05) is 29.1 Å². The molecule has 0 aliphatic carbocycles. The van der Waals surface area contributed by atoms with Gasteiger partial charge in [-0.2, -0.15) is 0 Å². The Morgan fingerprint density at radius 2 is 2.25 bits per heavy atom. The number of aromatic nitrogens is 1. The monoisotopic (exact) mass is 216 g/mol. The summed E-state index contributed by atoms with van der Waals surface area (Å²) in [6, 6.07) is 5.79. The van der Waals surface area contributed by atoms with Gasteiger partial charge in [0.2, 0.25) is 0 Å². The minimum Gasteiger partial charge on any atom is -0.361 e. The Morgan fingerprint density at radius 1 is 1.44 bits per heavy atom. The van der Waals surface area contributed by atoms with E-state index in [1.165, 1.54) is 5.56 Å². The maximum Gasteiger partial charge on any atom is 0.162 e. The highest BCUT2D eigenvalue weighted by Gasteiger charge is 2.07. The van der Waals surface area contributed by atoms with Crippen molar-refractivity contribution in [1.29, 1.82) is 0 Å². The minimum atomic E-state index is 0.182. The van der Waals surface area contributed by atoms with Gasteiger partial charge in [-0.15, -0.1) is 0 Å². The van der Waals surface area contributed by atoms with Crippen molar-refractivity contribution in [2.45, 2.75) is 19.8 Å². The summed E-state index contributed by atoms with van der Waals surface area (Å²) < 4.78 is 0. The zero-order chi connectivity index (χ0) is 11.5. The molecule has 3 heteroatoms. The number of carbonyl (C=O) groups excluding carboxylic acids is 1. The van der Waals surface area contributed by atoms with Gasteiger partial charge in [-0.1, -0.05) is 6.92 Å². The third-order valence-electron chi connectivity index (χ3n) is 2.82. The molecule has 0 bridgehead atoms. The lowest BCUT2D eigenvalue weighted by Crippen LogP contribution is -2.02. The molecule has 84 valence electrons. The van der Waals surface area contributed by atoms with Crippen LogP contribution in [0.1, 0.15) is 29.3 Å². The molecule has 0 saturated heterocycles. The van der Waals surface area contributed by atoms with Crippen molar-refractivity contribution < 1.29 is 4.79 Å². The van der Waals surface area contributed by atoms with Crippen LogP contribution < -0.4 is 5.73 Å². The van der Waals surface area contributed by atoms with Gasteiger partial charge in [0.1, 0.15) is 0 Å². The van der Waals surface area contributed by atoms with Crippen LogP contribution in [0, 0.1) is 0 Å². The largest absolute Gasteiger partial charge is 0.361 e. The summed E-state index contributed by atoms with van der Waals surface area (Å²) in [5.41, 5.74) is 8.59. The highest BCUT2D eigenvalue weighted by Crippen LogP contribution is 2.20. The van der Waals surface area contributed by atoms with E-state index >= 15 is 0 Å². The highest BCUT2D eigenvalue weighted by molar-refractivity contribution is 5.99. The molecule has 0 saturated carbocycles. The Hall–Kier alpha value is -1.61. The number of carbonyl (C=O) groups is 1. The first-order chi connectivity index (χ1) is 7.76. The van der Waals surface area contributed by atoms with E-state index in [-0.39, 0.29) is 5.78 Å². The predicted octanol–water partition coefficient (Wildman–Crippen LogP) is 2.26. The first-order valence-electron chi connectivity index (χ1n) is 5.59. The summed E-state index contributed by atoms with van der Waals surface area (Å²) in [5, 5.41) is 1.12.